The Kier molecular flexibility index (Phi) is 6.68. The number of fused-ring (bicyclic) bond motifs is 1. The summed E-state index contributed by atoms with van der Waals surface area (Å²) < 4.78 is 5.98. The van der Waals surface area contributed by atoms with Crippen molar-refractivity contribution in [2.24, 2.45) is 0 Å². The standard InChI is InChI=1S/C28H27ClN6OS/c29-22-9-7-19(8-10-22)24-12-11-23(36-24)16-30-28(37)33-27-31-25(34-13-3-4-14-34)15-26(32-27)35-17-20-5-1-2-6-21(20)18-35/h1-2,5-12,15H,3-4,13-14,16-18H2,(H2,30,31,32,33,37). The maximum atomic E-state index is 5.99. The lowest BCUT2D eigenvalue weighted by Crippen LogP contribution is -2.29. The van der Waals surface area contributed by atoms with Crippen molar-refractivity contribution in [3.05, 3.63) is 88.6 Å². The quantitative estimate of drug-likeness (QED) is 0.294. The number of hydrogen-bond acceptors (Lipinski definition) is 6. The molecule has 2 N–H and O–H groups in total. The Hall–Kier alpha value is -3.62. The number of aromatic nitrogens is 2. The fraction of sp³-hybridized carbons (Fsp3) is 0.250. The second kappa shape index (κ2) is 10.4. The summed E-state index contributed by atoms with van der Waals surface area (Å²) in [6.07, 6.45) is 2.36. The molecule has 0 unspecified atom stereocenters. The van der Waals surface area contributed by atoms with E-state index in [2.05, 4.69) is 50.8 Å². The highest BCUT2D eigenvalue weighted by Gasteiger charge is 2.23. The molecule has 0 amide bonds. The van der Waals surface area contributed by atoms with E-state index in [1.807, 2.05) is 36.4 Å². The van der Waals surface area contributed by atoms with Crippen molar-refractivity contribution in [1.29, 1.82) is 0 Å². The van der Waals surface area contributed by atoms with Gasteiger partial charge in [-0.25, -0.2) is 0 Å². The molecule has 188 valence electrons. The molecule has 0 radical (unpaired) electrons. The van der Waals surface area contributed by atoms with Gasteiger partial charge >= 0.3 is 0 Å². The van der Waals surface area contributed by atoms with Gasteiger partial charge in [0.05, 0.1) is 6.54 Å². The third kappa shape index (κ3) is 5.40. The minimum atomic E-state index is 0.443. The van der Waals surface area contributed by atoms with Crippen molar-refractivity contribution in [3.63, 3.8) is 0 Å². The van der Waals surface area contributed by atoms with Crippen LogP contribution < -0.4 is 20.4 Å². The normalized spacial score (nSPS) is 14.6. The number of furan rings is 1. The molecule has 4 heterocycles. The van der Waals surface area contributed by atoms with Gasteiger partial charge in [0.1, 0.15) is 23.2 Å². The van der Waals surface area contributed by atoms with E-state index in [9.17, 15) is 0 Å². The van der Waals surface area contributed by atoms with Gasteiger partial charge in [-0.15, -0.1) is 0 Å². The van der Waals surface area contributed by atoms with Crippen LogP contribution in [0, 0.1) is 0 Å². The molecule has 0 bridgehead atoms. The average molecular weight is 531 g/mol. The molecule has 2 aromatic heterocycles. The molecule has 2 aliphatic rings. The number of anilines is 3. The van der Waals surface area contributed by atoms with Gasteiger partial charge in [-0.2, -0.15) is 9.97 Å². The molecule has 1 fully saturated rings. The van der Waals surface area contributed by atoms with Gasteiger partial charge in [0, 0.05) is 42.8 Å². The summed E-state index contributed by atoms with van der Waals surface area (Å²) in [4.78, 5) is 14.2. The lowest BCUT2D eigenvalue weighted by molar-refractivity contribution is 0.516. The van der Waals surface area contributed by atoms with Crippen LogP contribution in [0.25, 0.3) is 11.3 Å². The highest BCUT2D eigenvalue weighted by atomic mass is 35.5. The smallest absolute Gasteiger partial charge is 0.232 e. The predicted octanol–water partition coefficient (Wildman–Crippen LogP) is 6.00. The molecule has 9 heteroatoms. The first-order valence-corrected chi connectivity index (χ1v) is 13.2. The number of halogens is 1. The first-order chi connectivity index (χ1) is 18.1. The fourth-order valence-corrected chi connectivity index (χ4v) is 5.09. The largest absolute Gasteiger partial charge is 0.459 e. The summed E-state index contributed by atoms with van der Waals surface area (Å²) in [6.45, 7) is 4.13. The molecule has 4 aromatic rings. The first kappa shape index (κ1) is 23.8. The van der Waals surface area contributed by atoms with Crippen LogP contribution in [-0.2, 0) is 19.6 Å². The Morgan fingerprint density at radius 3 is 2.27 bits per heavy atom. The Morgan fingerprint density at radius 2 is 1.57 bits per heavy atom. The van der Waals surface area contributed by atoms with Crippen LogP contribution in [0.2, 0.25) is 5.02 Å². The maximum absolute atomic E-state index is 5.99. The van der Waals surface area contributed by atoms with Gasteiger partial charge < -0.3 is 24.9 Å². The monoisotopic (exact) mass is 530 g/mol. The molecule has 37 heavy (non-hydrogen) atoms. The summed E-state index contributed by atoms with van der Waals surface area (Å²) in [7, 11) is 0. The number of hydrogen-bond donors (Lipinski definition) is 2. The molecule has 6 rings (SSSR count). The van der Waals surface area contributed by atoms with Crippen LogP contribution in [0.1, 0.15) is 29.7 Å². The predicted molar refractivity (Wildman–Crippen MR) is 152 cm³/mol. The minimum absolute atomic E-state index is 0.443. The van der Waals surface area contributed by atoms with E-state index in [0.29, 0.717) is 22.6 Å². The number of rotatable bonds is 6. The summed E-state index contributed by atoms with van der Waals surface area (Å²) in [5, 5.41) is 7.55. The maximum Gasteiger partial charge on any atom is 0.232 e. The van der Waals surface area contributed by atoms with E-state index in [1.165, 1.54) is 24.0 Å². The Bertz CT molecular complexity index is 1390. The first-order valence-electron chi connectivity index (χ1n) is 12.5. The molecular weight excluding hydrogens is 504 g/mol. The zero-order chi connectivity index (χ0) is 25.2. The van der Waals surface area contributed by atoms with E-state index in [4.69, 9.17) is 38.2 Å². The van der Waals surface area contributed by atoms with Crippen LogP contribution in [0.4, 0.5) is 17.6 Å². The average Bonchev–Trinajstić information content (AvgIpc) is 3.69. The lowest BCUT2D eigenvalue weighted by atomic mass is 10.1. The Labute approximate surface area is 226 Å². The molecule has 2 aromatic carbocycles. The second-order valence-corrected chi connectivity index (χ2v) is 10.2. The van der Waals surface area contributed by atoms with Crippen LogP contribution in [0.5, 0.6) is 0 Å². The van der Waals surface area contributed by atoms with E-state index in [-0.39, 0.29) is 0 Å². The summed E-state index contributed by atoms with van der Waals surface area (Å²) in [5.74, 6) is 3.88. The van der Waals surface area contributed by atoms with Crippen LogP contribution in [-0.4, -0.2) is 28.2 Å². The molecule has 0 atom stereocenters. The Morgan fingerprint density at radius 1 is 0.892 bits per heavy atom. The molecule has 0 saturated carbocycles. The van der Waals surface area contributed by atoms with Crippen molar-refractivity contribution >= 4 is 46.5 Å². The van der Waals surface area contributed by atoms with E-state index in [0.717, 1.165) is 54.9 Å². The van der Waals surface area contributed by atoms with Crippen molar-refractivity contribution in [3.8, 4) is 11.3 Å². The van der Waals surface area contributed by atoms with Crippen LogP contribution >= 0.6 is 23.8 Å². The van der Waals surface area contributed by atoms with Gasteiger partial charge in [-0.1, -0.05) is 35.9 Å². The molecular formula is C28H27ClN6OS. The fourth-order valence-electron chi connectivity index (χ4n) is 4.80. The zero-order valence-electron chi connectivity index (χ0n) is 20.3. The van der Waals surface area contributed by atoms with Gasteiger partial charge in [-0.3, -0.25) is 0 Å². The van der Waals surface area contributed by atoms with Gasteiger partial charge in [-0.05, 0) is 72.6 Å². The second-order valence-electron chi connectivity index (χ2n) is 9.31. The zero-order valence-corrected chi connectivity index (χ0v) is 21.9. The number of benzene rings is 2. The summed E-state index contributed by atoms with van der Waals surface area (Å²) >= 11 is 11.6. The van der Waals surface area contributed by atoms with E-state index in [1.54, 1.807) is 0 Å². The van der Waals surface area contributed by atoms with Crippen LogP contribution in [0.3, 0.4) is 0 Å². The number of nitrogens with zero attached hydrogens (tertiary/aromatic N) is 4. The molecule has 2 aliphatic heterocycles. The van der Waals surface area contributed by atoms with Crippen molar-refractivity contribution in [1.82, 2.24) is 15.3 Å². The van der Waals surface area contributed by atoms with E-state index >= 15 is 0 Å². The molecule has 1 saturated heterocycles. The SMILES string of the molecule is S=C(NCc1ccc(-c2ccc(Cl)cc2)o1)Nc1nc(N2CCCC2)cc(N2Cc3ccccc3C2)n1. The third-order valence-corrected chi connectivity index (χ3v) is 7.23. The van der Waals surface area contributed by atoms with Gasteiger partial charge in [0.25, 0.3) is 0 Å². The van der Waals surface area contributed by atoms with Crippen molar-refractivity contribution in [2.75, 3.05) is 28.2 Å². The van der Waals surface area contributed by atoms with Crippen molar-refractivity contribution in [2.45, 2.75) is 32.5 Å². The molecule has 0 aliphatic carbocycles. The number of thiocarbonyl (C=S) groups is 1. The van der Waals surface area contributed by atoms with Crippen LogP contribution in [0.15, 0.2) is 71.1 Å². The van der Waals surface area contributed by atoms with Gasteiger partial charge in [0.2, 0.25) is 5.95 Å². The minimum Gasteiger partial charge on any atom is -0.459 e. The topological polar surface area (TPSA) is 69.5 Å². The highest BCUT2D eigenvalue weighted by Crippen LogP contribution is 2.30. The summed E-state index contributed by atoms with van der Waals surface area (Å²) in [5.41, 5.74) is 3.65. The lowest BCUT2D eigenvalue weighted by Gasteiger charge is -2.22. The number of nitrogens with one attached hydrogen (secondary N) is 2. The highest BCUT2D eigenvalue weighted by molar-refractivity contribution is 7.80. The molecule has 7 nitrogen and oxygen atoms in total. The van der Waals surface area contributed by atoms with E-state index < -0.39 is 0 Å². The summed E-state index contributed by atoms with van der Waals surface area (Å²) in [6, 6.07) is 22.1. The third-order valence-electron chi connectivity index (χ3n) is 6.73. The Balaban J connectivity index is 1.15. The van der Waals surface area contributed by atoms with Crippen molar-refractivity contribution < 1.29 is 4.42 Å². The van der Waals surface area contributed by atoms with Gasteiger partial charge in [0.15, 0.2) is 5.11 Å². The molecule has 0 spiro atoms.